The van der Waals surface area contributed by atoms with Crippen molar-refractivity contribution in [3.63, 3.8) is 0 Å². The first-order valence-electron chi connectivity index (χ1n) is 6.16. The minimum Gasteiger partial charge on any atom is -0.478 e. The zero-order chi connectivity index (χ0) is 15.0. The molecule has 0 saturated heterocycles. The van der Waals surface area contributed by atoms with Gasteiger partial charge in [-0.05, 0) is 24.3 Å². The van der Waals surface area contributed by atoms with Crippen LogP contribution in [0.2, 0.25) is 0 Å². The van der Waals surface area contributed by atoms with E-state index in [4.69, 9.17) is 0 Å². The van der Waals surface area contributed by atoms with Crippen molar-refractivity contribution >= 4 is 17.0 Å². The summed E-state index contributed by atoms with van der Waals surface area (Å²) < 4.78 is 1.12. The summed E-state index contributed by atoms with van der Waals surface area (Å²) in [5, 5.41) is 9.31. The molecule has 6 nitrogen and oxygen atoms in total. The van der Waals surface area contributed by atoms with E-state index in [9.17, 15) is 19.5 Å². The number of carbonyl (C=O) groups is 1. The van der Waals surface area contributed by atoms with Gasteiger partial charge in [0, 0.05) is 5.69 Å². The van der Waals surface area contributed by atoms with Gasteiger partial charge in [0.1, 0.15) is 0 Å². The third-order valence-corrected chi connectivity index (χ3v) is 3.15. The molecule has 0 aliphatic heterocycles. The molecule has 6 heteroatoms. The molecule has 0 fully saturated rings. The van der Waals surface area contributed by atoms with Gasteiger partial charge < -0.3 is 10.1 Å². The number of nitrogens with zero attached hydrogens (tertiary/aromatic N) is 1. The molecule has 0 radical (unpaired) electrons. The molecular weight excluding hydrogens is 272 g/mol. The van der Waals surface area contributed by atoms with Gasteiger partial charge >= 0.3 is 17.1 Å². The molecular formula is C15H10N2O4. The number of carboxylic acid groups (broad SMARTS) is 1. The molecule has 0 unspecified atom stereocenters. The van der Waals surface area contributed by atoms with Gasteiger partial charge in [-0.1, -0.05) is 24.3 Å². The number of hydrogen-bond donors (Lipinski definition) is 2. The van der Waals surface area contributed by atoms with E-state index in [1.54, 1.807) is 36.4 Å². The van der Waals surface area contributed by atoms with Gasteiger partial charge in [-0.3, -0.25) is 14.2 Å². The summed E-state index contributed by atoms with van der Waals surface area (Å²) >= 11 is 0. The highest BCUT2D eigenvalue weighted by Crippen LogP contribution is 2.18. The second-order valence-electron chi connectivity index (χ2n) is 4.44. The molecule has 2 N–H and O–H groups in total. The van der Waals surface area contributed by atoms with Gasteiger partial charge in [-0.15, -0.1) is 0 Å². The zero-order valence-electron chi connectivity index (χ0n) is 10.7. The van der Waals surface area contributed by atoms with Crippen molar-refractivity contribution < 1.29 is 9.90 Å². The maximum atomic E-state index is 12.2. The number of rotatable bonds is 2. The van der Waals surface area contributed by atoms with Crippen LogP contribution in [0.15, 0.2) is 58.1 Å². The molecule has 3 aromatic rings. The lowest BCUT2D eigenvalue weighted by molar-refractivity contribution is 0.0698. The average Bonchev–Trinajstić information content (AvgIpc) is 2.48. The molecule has 3 rings (SSSR count). The summed E-state index contributed by atoms with van der Waals surface area (Å²) in [6.07, 6.45) is 0. The second kappa shape index (κ2) is 4.75. The number of para-hydroxylation sites is 2. The molecule has 1 aromatic heterocycles. The van der Waals surface area contributed by atoms with Crippen LogP contribution >= 0.6 is 0 Å². The highest BCUT2D eigenvalue weighted by atomic mass is 16.4. The minimum absolute atomic E-state index is 0.0512. The Balaban J connectivity index is 2.58. The Kier molecular flexibility index (Phi) is 2.91. The van der Waals surface area contributed by atoms with Crippen molar-refractivity contribution in [1.82, 2.24) is 9.55 Å². The molecule has 1 heterocycles. The van der Waals surface area contributed by atoms with Crippen LogP contribution in [-0.4, -0.2) is 20.6 Å². The van der Waals surface area contributed by atoms with Crippen LogP contribution in [0.5, 0.6) is 0 Å². The van der Waals surface area contributed by atoms with Crippen molar-refractivity contribution in [2.24, 2.45) is 0 Å². The van der Waals surface area contributed by atoms with E-state index in [0.717, 1.165) is 4.57 Å². The Labute approximate surface area is 117 Å². The Morgan fingerprint density at radius 2 is 1.71 bits per heavy atom. The van der Waals surface area contributed by atoms with Crippen molar-refractivity contribution in [3.8, 4) is 5.69 Å². The zero-order valence-corrected chi connectivity index (χ0v) is 10.7. The van der Waals surface area contributed by atoms with Crippen LogP contribution in [0.4, 0.5) is 0 Å². The largest absolute Gasteiger partial charge is 0.478 e. The topological polar surface area (TPSA) is 92.2 Å². The molecule has 0 aliphatic carbocycles. The number of nitrogens with one attached hydrogen (secondary N) is 1. The van der Waals surface area contributed by atoms with Crippen LogP contribution in [0, 0.1) is 0 Å². The van der Waals surface area contributed by atoms with E-state index in [0.29, 0.717) is 11.2 Å². The average molecular weight is 282 g/mol. The SMILES string of the molecule is O=C(O)c1cccc2[nH]c(=O)c(=O)n(-c3ccccc3)c12. The van der Waals surface area contributed by atoms with Crippen molar-refractivity contribution in [2.45, 2.75) is 0 Å². The van der Waals surface area contributed by atoms with E-state index in [1.807, 2.05) is 0 Å². The first kappa shape index (κ1) is 12.9. The van der Waals surface area contributed by atoms with Crippen molar-refractivity contribution in [1.29, 1.82) is 0 Å². The summed E-state index contributed by atoms with van der Waals surface area (Å²) in [5.74, 6) is -1.17. The van der Waals surface area contributed by atoms with Gasteiger partial charge in [-0.2, -0.15) is 0 Å². The van der Waals surface area contributed by atoms with Gasteiger partial charge in [0.2, 0.25) is 0 Å². The monoisotopic (exact) mass is 282 g/mol. The normalized spacial score (nSPS) is 10.7. The van der Waals surface area contributed by atoms with E-state index < -0.39 is 17.1 Å². The van der Waals surface area contributed by atoms with Gasteiger partial charge in [0.25, 0.3) is 0 Å². The summed E-state index contributed by atoms with van der Waals surface area (Å²) in [6, 6.07) is 12.9. The first-order valence-corrected chi connectivity index (χ1v) is 6.16. The summed E-state index contributed by atoms with van der Waals surface area (Å²) in [5.41, 5.74) is -0.766. The van der Waals surface area contributed by atoms with E-state index >= 15 is 0 Å². The lowest BCUT2D eigenvalue weighted by Crippen LogP contribution is -2.36. The molecule has 2 aromatic carbocycles. The van der Waals surface area contributed by atoms with E-state index in [-0.39, 0.29) is 11.1 Å². The van der Waals surface area contributed by atoms with Gasteiger partial charge in [0.15, 0.2) is 0 Å². The van der Waals surface area contributed by atoms with Crippen molar-refractivity contribution in [3.05, 3.63) is 74.8 Å². The van der Waals surface area contributed by atoms with E-state index in [1.165, 1.54) is 12.1 Å². The fraction of sp³-hybridized carbons (Fsp3) is 0. The van der Waals surface area contributed by atoms with E-state index in [2.05, 4.69) is 4.98 Å². The summed E-state index contributed by atoms with van der Waals surface area (Å²) in [7, 11) is 0. The fourth-order valence-corrected chi connectivity index (χ4v) is 2.26. The Morgan fingerprint density at radius 1 is 1.00 bits per heavy atom. The van der Waals surface area contributed by atoms with Crippen molar-refractivity contribution in [2.75, 3.05) is 0 Å². The lowest BCUT2D eigenvalue weighted by Gasteiger charge is -2.11. The molecule has 0 aliphatic rings. The number of benzene rings is 2. The number of hydrogen-bond acceptors (Lipinski definition) is 3. The number of carboxylic acids is 1. The third kappa shape index (κ3) is 2.02. The minimum atomic E-state index is -1.17. The molecule has 0 saturated carbocycles. The van der Waals surface area contributed by atoms with Gasteiger partial charge in [0.05, 0.1) is 16.6 Å². The lowest BCUT2D eigenvalue weighted by atomic mass is 10.1. The predicted octanol–water partition coefficient (Wildman–Crippen LogP) is 1.38. The first-order chi connectivity index (χ1) is 10.1. The Morgan fingerprint density at radius 3 is 2.38 bits per heavy atom. The van der Waals surface area contributed by atoms with Gasteiger partial charge in [-0.25, -0.2) is 4.79 Å². The summed E-state index contributed by atoms with van der Waals surface area (Å²) in [6.45, 7) is 0. The van der Waals surface area contributed by atoms with Crippen LogP contribution in [0.25, 0.3) is 16.7 Å². The highest BCUT2D eigenvalue weighted by molar-refractivity contribution is 6.01. The predicted molar refractivity (Wildman–Crippen MR) is 77.1 cm³/mol. The smallest absolute Gasteiger partial charge is 0.337 e. The quantitative estimate of drug-likeness (QED) is 0.694. The summed E-state index contributed by atoms with van der Waals surface area (Å²) in [4.78, 5) is 37.8. The number of aromatic amines is 1. The number of aromatic nitrogens is 2. The van der Waals surface area contributed by atoms with Crippen LogP contribution in [0.3, 0.4) is 0 Å². The van der Waals surface area contributed by atoms with Crippen LogP contribution in [-0.2, 0) is 0 Å². The Bertz CT molecular complexity index is 955. The number of H-pyrrole nitrogens is 1. The molecule has 21 heavy (non-hydrogen) atoms. The fourth-order valence-electron chi connectivity index (χ4n) is 2.26. The maximum Gasteiger partial charge on any atom is 0.337 e. The van der Waals surface area contributed by atoms with Crippen LogP contribution < -0.4 is 11.1 Å². The molecule has 0 atom stereocenters. The number of aromatic carboxylic acids is 1. The molecule has 104 valence electrons. The third-order valence-electron chi connectivity index (χ3n) is 3.15. The molecule has 0 bridgehead atoms. The van der Waals surface area contributed by atoms with Crippen LogP contribution in [0.1, 0.15) is 10.4 Å². The standard InChI is InChI=1S/C15H10N2O4/c18-13-14(19)17(9-5-2-1-3-6-9)12-10(15(20)21)7-4-8-11(12)16-13/h1-8H,(H,16,18)(H,20,21). The second-order valence-corrected chi connectivity index (χ2v) is 4.44. The number of fused-ring (bicyclic) bond motifs is 1. The highest BCUT2D eigenvalue weighted by Gasteiger charge is 2.16. The Hall–Kier alpha value is -3.15. The molecule has 0 amide bonds. The molecule has 0 spiro atoms. The maximum absolute atomic E-state index is 12.2.